The maximum Gasteiger partial charge on any atom is 0.294 e. The molecule has 0 spiro atoms. The van der Waals surface area contributed by atoms with Gasteiger partial charge in [0.05, 0.1) is 41.9 Å². The number of methoxy groups -OCH3 is 1. The zero-order chi connectivity index (χ0) is 19.6. The number of hydrogen-bond donors (Lipinski definition) is 2. The van der Waals surface area contributed by atoms with Crippen molar-refractivity contribution in [3.63, 3.8) is 0 Å². The van der Waals surface area contributed by atoms with Gasteiger partial charge in [-0.15, -0.1) is 0 Å². The number of ether oxygens (including phenoxy) is 2. The van der Waals surface area contributed by atoms with Crippen LogP contribution in [0.5, 0.6) is 0 Å². The lowest BCUT2D eigenvalue weighted by Crippen LogP contribution is -2.47. The van der Waals surface area contributed by atoms with E-state index in [1.54, 1.807) is 18.1 Å². The van der Waals surface area contributed by atoms with Crippen LogP contribution in [0.3, 0.4) is 0 Å². The van der Waals surface area contributed by atoms with E-state index in [2.05, 4.69) is 26.6 Å². The Bertz CT molecular complexity index is 732. The molecule has 2 aliphatic heterocycles. The Hall–Kier alpha value is -1.75. The zero-order valence-electron chi connectivity index (χ0n) is 15.2. The van der Waals surface area contributed by atoms with Crippen molar-refractivity contribution in [3.8, 4) is 0 Å². The Kier molecular flexibility index (Phi) is 6.30. The molecule has 3 rings (SSSR count). The van der Waals surface area contributed by atoms with Crippen molar-refractivity contribution in [2.24, 2.45) is 0 Å². The van der Waals surface area contributed by atoms with Crippen LogP contribution in [0.1, 0.15) is 17.3 Å². The number of nitrogens with one attached hydrogen (secondary N) is 2. The summed E-state index contributed by atoms with van der Waals surface area (Å²) in [7, 11) is 1.60. The third-order valence-corrected chi connectivity index (χ3v) is 5.39. The second-order valence-electron chi connectivity index (χ2n) is 6.71. The Balaban J connectivity index is 2.01. The monoisotopic (exact) mass is 442 g/mol. The van der Waals surface area contributed by atoms with E-state index in [-0.39, 0.29) is 41.0 Å². The van der Waals surface area contributed by atoms with Crippen molar-refractivity contribution in [2.75, 3.05) is 45.3 Å². The molecular formula is C17H23BrN4O5. The number of anilines is 1. The van der Waals surface area contributed by atoms with E-state index in [1.807, 2.05) is 6.92 Å². The molecule has 10 heteroatoms. The molecule has 148 valence electrons. The zero-order valence-corrected chi connectivity index (χ0v) is 16.8. The summed E-state index contributed by atoms with van der Waals surface area (Å²) in [6.45, 7) is 4.48. The molecular weight excluding hydrogens is 420 g/mol. The van der Waals surface area contributed by atoms with Gasteiger partial charge >= 0.3 is 0 Å². The number of nitro benzene ring substituents is 1. The van der Waals surface area contributed by atoms with Crippen molar-refractivity contribution in [1.82, 2.24) is 10.2 Å². The predicted octanol–water partition coefficient (Wildman–Crippen LogP) is 1.62. The highest BCUT2D eigenvalue weighted by molar-refractivity contribution is 9.10. The maximum atomic E-state index is 13.2. The Morgan fingerprint density at radius 2 is 2.26 bits per heavy atom. The fraction of sp³-hybridized carbons (Fsp3) is 0.588. The van der Waals surface area contributed by atoms with Crippen LogP contribution in [-0.2, 0) is 9.47 Å². The minimum absolute atomic E-state index is 0.1000. The summed E-state index contributed by atoms with van der Waals surface area (Å²) < 4.78 is 11.3. The Morgan fingerprint density at radius 1 is 1.48 bits per heavy atom. The summed E-state index contributed by atoms with van der Waals surface area (Å²) in [5, 5.41) is 18.1. The van der Waals surface area contributed by atoms with Gasteiger partial charge in [0.15, 0.2) is 0 Å². The summed E-state index contributed by atoms with van der Waals surface area (Å²) in [5.74, 6) is -0.252. The minimum atomic E-state index is -0.475. The molecule has 0 radical (unpaired) electrons. The molecule has 0 aromatic heterocycles. The predicted molar refractivity (Wildman–Crippen MR) is 103 cm³/mol. The molecule has 3 atom stereocenters. The van der Waals surface area contributed by atoms with Crippen LogP contribution in [0.15, 0.2) is 16.6 Å². The van der Waals surface area contributed by atoms with Crippen molar-refractivity contribution < 1.29 is 19.2 Å². The third-order valence-electron chi connectivity index (χ3n) is 4.93. The van der Waals surface area contributed by atoms with Gasteiger partial charge in [-0.05, 0) is 13.0 Å². The number of nitro groups is 1. The van der Waals surface area contributed by atoms with Crippen molar-refractivity contribution >= 4 is 33.2 Å². The van der Waals surface area contributed by atoms with Gasteiger partial charge < -0.3 is 25.0 Å². The molecule has 2 saturated heterocycles. The van der Waals surface area contributed by atoms with Crippen LogP contribution < -0.4 is 10.6 Å². The number of carbonyl (C=O) groups is 1. The van der Waals surface area contributed by atoms with Gasteiger partial charge in [0.25, 0.3) is 11.6 Å². The van der Waals surface area contributed by atoms with Gasteiger partial charge in [-0.25, -0.2) is 0 Å². The number of halogens is 1. The fourth-order valence-electron chi connectivity index (χ4n) is 3.47. The first kappa shape index (κ1) is 20.0. The number of morpholine rings is 1. The highest BCUT2D eigenvalue weighted by Crippen LogP contribution is 2.35. The minimum Gasteiger partial charge on any atom is -0.378 e. The lowest BCUT2D eigenvalue weighted by atomic mass is 10.1. The topological polar surface area (TPSA) is 106 Å². The van der Waals surface area contributed by atoms with Crippen LogP contribution in [0, 0.1) is 10.1 Å². The second-order valence-corrected chi connectivity index (χ2v) is 7.63. The first-order chi connectivity index (χ1) is 12.9. The third kappa shape index (κ3) is 4.23. The lowest BCUT2D eigenvalue weighted by Gasteiger charge is -2.34. The van der Waals surface area contributed by atoms with Gasteiger partial charge in [-0.3, -0.25) is 14.9 Å². The van der Waals surface area contributed by atoms with Gasteiger partial charge in [-0.2, -0.15) is 0 Å². The molecule has 2 aliphatic rings. The van der Waals surface area contributed by atoms with E-state index in [4.69, 9.17) is 9.47 Å². The molecule has 2 heterocycles. The van der Waals surface area contributed by atoms with Gasteiger partial charge in [0.1, 0.15) is 5.69 Å². The Morgan fingerprint density at radius 3 is 2.93 bits per heavy atom. The number of amides is 1. The molecule has 27 heavy (non-hydrogen) atoms. The largest absolute Gasteiger partial charge is 0.378 e. The quantitative estimate of drug-likeness (QED) is 0.526. The normalized spacial score (nSPS) is 25.4. The van der Waals surface area contributed by atoms with Crippen LogP contribution in [0.25, 0.3) is 0 Å². The van der Waals surface area contributed by atoms with Crippen LogP contribution in [0.2, 0.25) is 0 Å². The molecule has 2 fully saturated rings. The van der Waals surface area contributed by atoms with E-state index in [1.165, 1.54) is 6.07 Å². The molecule has 0 bridgehead atoms. The smallest absolute Gasteiger partial charge is 0.294 e. The number of carbonyl (C=O) groups excluding carboxylic acids is 1. The summed E-state index contributed by atoms with van der Waals surface area (Å²) in [6.07, 6.45) is -0.140. The average Bonchev–Trinajstić information content (AvgIpc) is 3.09. The summed E-state index contributed by atoms with van der Waals surface area (Å²) >= 11 is 3.30. The number of rotatable bonds is 5. The molecule has 0 aliphatic carbocycles. The lowest BCUT2D eigenvalue weighted by molar-refractivity contribution is -0.384. The van der Waals surface area contributed by atoms with Crippen LogP contribution in [-0.4, -0.2) is 73.9 Å². The average molecular weight is 443 g/mol. The van der Waals surface area contributed by atoms with Crippen LogP contribution in [0.4, 0.5) is 11.4 Å². The molecule has 2 N–H and O–H groups in total. The van der Waals surface area contributed by atoms with E-state index < -0.39 is 4.92 Å². The van der Waals surface area contributed by atoms with Gasteiger partial charge in [0, 0.05) is 37.3 Å². The molecule has 1 aromatic rings. The molecule has 0 unspecified atom stereocenters. The number of nitrogens with zero attached hydrogens (tertiary/aromatic N) is 2. The SMILES string of the molecule is CO[C@H]1CNC[C@@H]1Nc1c(C(=O)N2CCOC[C@H]2C)cc(Br)cc1[N+](=O)[O-]. The van der Waals surface area contributed by atoms with E-state index in [9.17, 15) is 14.9 Å². The first-order valence-electron chi connectivity index (χ1n) is 8.79. The standard InChI is InChI=1S/C17H23BrN4O5/c1-10-9-27-4-3-21(10)17(23)12-5-11(18)6-14(22(24)25)16(12)20-13-7-19-8-15(13)26-2/h5-6,10,13,15,19-20H,3-4,7-9H2,1-2H3/t10-,13+,15+/m1/s1. The van der Waals surface area contributed by atoms with E-state index in [0.29, 0.717) is 37.3 Å². The molecule has 1 amide bonds. The number of benzene rings is 1. The fourth-order valence-corrected chi connectivity index (χ4v) is 3.92. The first-order valence-corrected chi connectivity index (χ1v) is 9.58. The maximum absolute atomic E-state index is 13.2. The molecule has 0 saturated carbocycles. The molecule has 1 aromatic carbocycles. The number of hydrogen-bond acceptors (Lipinski definition) is 7. The summed E-state index contributed by atoms with van der Waals surface area (Å²) in [6, 6.07) is 2.76. The summed E-state index contributed by atoms with van der Waals surface area (Å²) in [4.78, 5) is 26.1. The van der Waals surface area contributed by atoms with Crippen molar-refractivity contribution in [2.45, 2.75) is 25.1 Å². The Labute approximate surface area is 165 Å². The highest BCUT2D eigenvalue weighted by atomic mass is 79.9. The van der Waals surface area contributed by atoms with Crippen LogP contribution >= 0.6 is 15.9 Å². The van der Waals surface area contributed by atoms with E-state index in [0.717, 1.165) is 0 Å². The van der Waals surface area contributed by atoms with E-state index >= 15 is 0 Å². The highest BCUT2D eigenvalue weighted by Gasteiger charge is 2.34. The van der Waals surface area contributed by atoms with Crippen molar-refractivity contribution in [1.29, 1.82) is 0 Å². The molecule has 9 nitrogen and oxygen atoms in total. The van der Waals surface area contributed by atoms with Gasteiger partial charge in [0.2, 0.25) is 0 Å². The summed E-state index contributed by atoms with van der Waals surface area (Å²) in [5.41, 5.74) is 0.351. The van der Waals surface area contributed by atoms with Gasteiger partial charge in [-0.1, -0.05) is 15.9 Å². The second kappa shape index (κ2) is 8.51. The van der Waals surface area contributed by atoms with Crippen molar-refractivity contribution in [3.05, 3.63) is 32.3 Å².